The van der Waals surface area contributed by atoms with E-state index in [4.69, 9.17) is 12.2 Å². The van der Waals surface area contributed by atoms with Crippen LogP contribution in [-0.2, 0) is 9.59 Å². The van der Waals surface area contributed by atoms with Crippen LogP contribution in [0.15, 0.2) is 35.9 Å². The molecule has 9 nitrogen and oxygen atoms in total. The predicted octanol–water partition coefficient (Wildman–Crippen LogP) is 2.00. The third kappa shape index (κ3) is 5.87. The van der Waals surface area contributed by atoms with Crippen LogP contribution in [0.4, 0.5) is 0 Å². The number of hydrogen-bond donors (Lipinski definition) is 2. The Morgan fingerprint density at radius 3 is 2.31 bits per heavy atom. The first kappa shape index (κ1) is 24.8. The minimum Gasteiger partial charge on any atom is -0.361 e. The highest BCUT2D eigenvalue weighted by atomic mass is 32.1. The number of imide groups is 1. The average Bonchev–Trinajstić information content (AvgIpc) is 3.45. The van der Waals surface area contributed by atoms with Gasteiger partial charge in [-0.05, 0) is 62.9 Å². The van der Waals surface area contributed by atoms with Crippen molar-refractivity contribution in [1.29, 1.82) is 0 Å². The van der Waals surface area contributed by atoms with Crippen molar-refractivity contribution < 1.29 is 19.2 Å². The summed E-state index contributed by atoms with van der Waals surface area (Å²) in [5.41, 5.74) is 2.07. The fraction of sp³-hybridized carbons (Fsp3) is 0.480. The lowest BCUT2D eigenvalue weighted by molar-refractivity contribution is -0.138. The fourth-order valence-corrected chi connectivity index (χ4v) is 4.95. The molecule has 2 aliphatic heterocycles. The van der Waals surface area contributed by atoms with Crippen LogP contribution in [0.5, 0.6) is 0 Å². The molecule has 10 heteroatoms. The van der Waals surface area contributed by atoms with Crippen LogP contribution < -0.4 is 10.6 Å². The molecule has 1 saturated heterocycles. The van der Waals surface area contributed by atoms with Crippen LogP contribution >= 0.6 is 12.2 Å². The molecule has 3 aliphatic rings. The Morgan fingerprint density at radius 2 is 1.63 bits per heavy atom. The van der Waals surface area contributed by atoms with Gasteiger partial charge in [-0.25, -0.2) is 0 Å². The zero-order valence-electron chi connectivity index (χ0n) is 19.8. The van der Waals surface area contributed by atoms with Gasteiger partial charge in [0.25, 0.3) is 11.8 Å². The molecule has 2 heterocycles. The molecule has 35 heavy (non-hydrogen) atoms. The van der Waals surface area contributed by atoms with Gasteiger partial charge in [-0.3, -0.25) is 34.1 Å². The Balaban J connectivity index is 1.19. The number of allylic oxidation sites excluding steroid dienone is 1. The van der Waals surface area contributed by atoms with E-state index in [1.165, 1.54) is 18.4 Å². The molecule has 0 atom stereocenters. The van der Waals surface area contributed by atoms with E-state index in [9.17, 15) is 19.2 Å². The van der Waals surface area contributed by atoms with Crippen LogP contribution in [0.3, 0.4) is 0 Å². The summed E-state index contributed by atoms with van der Waals surface area (Å²) in [6.45, 7) is 1.73. The van der Waals surface area contributed by atoms with E-state index in [2.05, 4.69) is 16.7 Å². The largest absolute Gasteiger partial charge is 0.361 e. The molecule has 1 aromatic carbocycles. The van der Waals surface area contributed by atoms with Crippen molar-refractivity contribution >= 4 is 41.0 Å². The molecule has 0 spiro atoms. The van der Waals surface area contributed by atoms with Crippen LogP contribution in [-0.4, -0.2) is 76.4 Å². The van der Waals surface area contributed by atoms with Crippen LogP contribution in [0.25, 0.3) is 0 Å². The number of amides is 4. The van der Waals surface area contributed by atoms with Gasteiger partial charge >= 0.3 is 0 Å². The zero-order chi connectivity index (χ0) is 24.8. The third-order valence-electron chi connectivity index (χ3n) is 6.50. The number of benzene rings is 1. The number of rotatable bonds is 8. The van der Waals surface area contributed by atoms with E-state index < -0.39 is 17.7 Å². The summed E-state index contributed by atoms with van der Waals surface area (Å²) in [6, 6.07) is 6.49. The average molecular weight is 498 g/mol. The number of fused-ring (bicyclic) bond motifs is 1. The number of carbonyl (C=O) groups is 4. The van der Waals surface area contributed by atoms with Gasteiger partial charge in [0.1, 0.15) is 6.54 Å². The van der Waals surface area contributed by atoms with Crippen molar-refractivity contribution in [3.8, 4) is 0 Å². The lowest BCUT2D eigenvalue weighted by Crippen LogP contribution is -2.50. The third-order valence-corrected chi connectivity index (χ3v) is 6.86. The molecule has 0 bridgehead atoms. The van der Waals surface area contributed by atoms with Gasteiger partial charge in [0.2, 0.25) is 11.8 Å². The lowest BCUT2D eigenvalue weighted by atomic mass is 9.97. The Morgan fingerprint density at radius 1 is 0.914 bits per heavy atom. The smallest absolute Gasteiger partial charge is 0.262 e. The Kier molecular flexibility index (Phi) is 8.12. The summed E-state index contributed by atoms with van der Waals surface area (Å²) >= 11 is 5.53. The molecule has 1 aliphatic carbocycles. The zero-order valence-corrected chi connectivity index (χ0v) is 20.6. The second kappa shape index (κ2) is 11.4. The van der Waals surface area contributed by atoms with Gasteiger partial charge < -0.3 is 10.6 Å². The summed E-state index contributed by atoms with van der Waals surface area (Å²) in [6.07, 6.45) is 9.03. The molecule has 1 fully saturated rings. The number of carbonyl (C=O) groups excluding carboxylic acids is 4. The molecular weight excluding hydrogens is 466 g/mol. The van der Waals surface area contributed by atoms with Crippen LogP contribution in [0.2, 0.25) is 0 Å². The topological polar surface area (TPSA) is 102 Å². The van der Waals surface area contributed by atoms with Crippen LogP contribution in [0, 0.1) is 0 Å². The monoisotopic (exact) mass is 497 g/mol. The van der Waals surface area contributed by atoms with Crippen molar-refractivity contribution in [1.82, 2.24) is 25.6 Å². The SMILES string of the molecule is O=C(CN1C(=O)c2ccccc2C1=O)NCCC(=O)N1CCCN1C(=S)NCCC1=CCCCC1. The van der Waals surface area contributed by atoms with Gasteiger partial charge in [0.15, 0.2) is 5.11 Å². The molecule has 0 unspecified atom stereocenters. The Labute approximate surface area is 210 Å². The molecule has 4 rings (SSSR count). The quantitative estimate of drug-likeness (QED) is 0.322. The molecule has 0 radical (unpaired) electrons. The Bertz CT molecular complexity index is 1020. The molecule has 0 aromatic heterocycles. The standard InChI is InChI=1S/C25H31N5O4S/c31-21(17-28-23(33)19-9-4-5-10-20(19)24(28)34)26-14-12-22(32)29-15-6-16-30(29)25(35)27-13-11-18-7-2-1-3-8-18/h4-5,7,9-10H,1-3,6,8,11-17H2,(H,26,31)(H,27,35). The number of nitrogens with one attached hydrogen (secondary N) is 2. The van der Waals surface area contributed by atoms with E-state index in [1.54, 1.807) is 34.3 Å². The first-order valence-electron chi connectivity index (χ1n) is 12.2. The van der Waals surface area contributed by atoms with E-state index in [0.717, 1.165) is 37.1 Å². The first-order valence-corrected chi connectivity index (χ1v) is 12.6. The predicted molar refractivity (Wildman–Crippen MR) is 134 cm³/mol. The van der Waals surface area contributed by atoms with E-state index in [-0.39, 0.29) is 25.4 Å². The fourth-order valence-electron chi connectivity index (χ4n) is 4.66. The molecule has 186 valence electrons. The molecule has 1 aromatic rings. The van der Waals surface area contributed by atoms with Crippen molar-refractivity contribution in [3.63, 3.8) is 0 Å². The molecule has 4 amide bonds. The van der Waals surface area contributed by atoms with Gasteiger partial charge in [0, 0.05) is 32.6 Å². The van der Waals surface area contributed by atoms with Crippen LogP contribution in [0.1, 0.15) is 65.7 Å². The Hall–Kier alpha value is -3.27. The summed E-state index contributed by atoms with van der Waals surface area (Å²) in [5.74, 6) is -1.59. The van der Waals surface area contributed by atoms with Crippen molar-refractivity contribution in [2.75, 3.05) is 32.7 Å². The number of hydrazine groups is 1. The summed E-state index contributed by atoms with van der Waals surface area (Å²) < 4.78 is 0. The maximum atomic E-state index is 12.8. The van der Waals surface area contributed by atoms with Gasteiger partial charge in [0.05, 0.1) is 11.1 Å². The normalized spacial score (nSPS) is 17.4. The summed E-state index contributed by atoms with van der Waals surface area (Å²) in [5, 5.41) is 9.88. The number of nitrogens with zero attached hydrogens (tertiary/aromatic N) is 3. The summed E-state index contributed by atoms with van der Waals surface area (Å²) in [7, 11) is 0. The molecular formula is C25H31N5O4S. The van der Waals surface area contributed by atoms with E-state index in [1.807, 2.05) is 0 Å². The second-order valence-electron chi connectivity index (χ2n) is 8.93. The van der Waals surface area contributed by atoms with E-state index >= 15 is 0 Å². The van der Waals surface area contributed by atoms with Gasteiger partial charge in [-0.15, -0.1) is 0 Å². The first-order chi connectivity index (χ1) is 17.0. The van der Waals surface area contributed by atoms with Crippen molar-refractivity contribution in [2.24, 2.45) is 0 Å². The maximum Gasteiger partial charge on any atom is 0.262 e. The maximum absolute atomic E-state index is 12.8. The van der Waals surface area contributed by atoms with Crippen molar-refractivity contribution in [2.45, 2.75) is 44.9 Å². The lowest BCUT2D eigenvalue weighted by Gasteiger charge is -2.30. The summed E-state index contributed by atoms with van der Waals surface area (Å²) in [4.78, 5) is 50.8. The minimum absolute atomic E-state index is 0.0971. The molecule has 2 N–H and O–H groups in total. The van der Waals surface area contributed by atoms with Gasteiger partial charge in [-0.2, -0.15) is 0 Å². The highest BCUT2D eigenvalue weighted by molar-refractivity contribution is 7.80. The minimum atomic E-state index is -0.486. The van der Waals surface area contributed by atoms with Crippen molar-refractivity contribution in [3.05, 3.63) is 47.0 Å². The van der Waals surface area contributed by atoms with E-state index in [0.29, 0.717) is 29.3 Å². The second-order valence-corrected chi connectivity index (χ2v) is 9.31. The molecule has 0 saturated carbocycles. The van der Waals surface area contributed by atoms with Gasteiger partial charge in [-0.1, -0.05) is 23.8 Å². The highest BCUT2D eigenvalue weighted by Gasteiger charge is 2.36. The highest BCUT2D eigenvalue weighted by Crippen LogP contribution is 2.22. The number of hydrogen-bond acceptors (Lipinski definition) is 5. The number of thiocarbonyl (C=S) groups is 1.